The van der Waals surface area contributed by atoms with Gasteiger partial charge in [0.05, 0.1) is 6.54 Å². The van der Waals surface area contributed by atoms with Gasteiger partial charge in [0.25, 0.3) is 0 Å². The molecule has 0 aliphatic heterocycles. The van der Waals surface area contributed by atoms with Crippen molar-refractivity contribution in [1.82, 2.24) is 5.32 Å². The van der Waals surface area contributed by atoms with Crippen molar-refractivity contribution in [3.8, 4) is 0 Å². The molecule has 0 aliphatic rings. The highest BCUT2D eigenvalue weighted by Crippen LogP contribution is 2.21. The Morgan fingerprint density at radius 1 is 0.750 bits per heavy atom. The second-order valence-corrected chi connectivity index (χ2v) is 7.34. The number of carbonyl (C=O) groups excluding carboxylic acids is 3. The van der Waals surface area contributed by atoms with Crippen LogP contribution >= 0.6 is 0 Å². The number of nitrogens with one attached hydrogen (secondary N) is 2. The zero-order chi connectivity index (χ0) is 20.8. The Kier molecular flexibility index (Phi) is 7.10. The van der Waals surface area contributed by atoms with E-state index in [-0.39, 0.29) is 37.0 Å². The number of hydrogen-bond donors (Lipinski definition) is 2. The molecule has 0 saturated heterocycles. The Balaban J connectivity index is 1.83. The average molecular weight is 380 g/mol. The van der Waals surface area contributed by atoms with Crippen molar-refractivity contribution in [2.75, 3.05) is 11.9 Å². The fourth-order valence-corrected chi connectivity index (χ4v) is 3.23. The van der Waals surface area contributed by atoms with Crippen molar-refractivity contribution >= 4 is 23.3 Å². The van der Waals surface area contributed by atoms with Gasteiger partial charge in [0, 0.05) is 24.1 Å². The molecular formula is C23H28N2O3. The molecule has 2 N–H and O–H groups in total. The zero-order valence-electron chi connectivity index (χ0n) is 17.2. The van der Waals surface area contributed by atoms with Gasteiger partial charge in [0.15, 0.2) is 5.78 Å². The van der Waals surface area contributed by atoms with Gasteiger partial charge in [-0.25, -0.2) is 0 Å². The minimum atomic E-state index is -0.314. The SMILES string of the molecule is Cc1cc(C)c(NC(=O)CNC(=O)CCC(=O)c2cc(C)ccc2C)c(C)c1. The van der Waals surface area contributed by atoms with Crippen LogP contribution in [0, 0.1) is 34.6 Å². The predicted octanol–water partition coefficient (Wildman–Crippen LogP) is 3.95. The summed E-state index contributed by atoms with van der Waals surface area (Å²) < 4.78 is 0. The summed E-state index contributed by atoms with van der Waals surface area (Å²) in [6.45, 7) is 9.57. The number of Topliss-reactive ketones (excluding diaryl/α,β-unsaturated/α-hetero) is 1. The Morgan fingerprint density at radius 3 is 2.04 bits per heavy atom. The van der Waals surface area contributed by atoms with E-state index in [4.69, 9.17) is 0 Å². The predicted molar refractivity (Wildman–Crippen MR) is 112 cm³/mol. The van der Waals surface area contributed by atoms with Crippen molar-refractivity contribution in [3.63, 3.8) is 0 Å². The van der Waals surface area contributed by atoms with Gasteiger partial charge in [0.1, 0.15) is 0 Å². The van der Waals surface area contributed by atoms with Crippen LogP contribution in [0.3, 0.4) is 0 Å². The first kappa shape index (κ1) is 21.4. The van der Waals surface area contributed by atoms with E-state index in [1.165, 1.54) is 0 Å². The van der Waals surface area contributed by atoms with E-state index in [9.17, 15) is 14.4 Å². The summed E-state index contributed by atoms with van der Waals surface area (Å²) in [6.07, 6.45) is 0.177. The molecular weight excluding hydrogens is 352 g/mol. The van der Waals surface area contributed by atoms with Crippen molar-refractivity contribution in [2.45, 2.75) is 47.5 Å². The Morgan fingerprint density at radius 2 is 1.39 bits per heavy atom. The highest BCUT2D eigenvalue weighted by atomic mass is 16.2. The number of carbonyl (C=O) groups is 3. The third kappa shape index (κ3) is 5.78. The first-order chi connectivity index (χ1) is 13.2. The minimum absolute atomic E-state index is 0.0576. The van der Waals surface area contributed by atoms with Gasteiger partial charge in [0.2, 0.25) is 11.8 Å². The van der Waals surface area contributed by atoms with E-state index in [2.05, 4.69) is 10.6 Å². The topological polar surface area (TPSA) is 75.3 Å². The molecule has 2 aromatic carbocycles. The number of hydrogen-bond acceptors (Lipinski definition) is 3. The van der Waals surface area contributed by atoms with E-state index in [0.29, 0.717) is 5.56 Å². The van der Waals surface area contributed by atoms with E-state index in [0.717, 1.165) is 33.5 Å². The van der Waals surface area contributed by atoms with Crippen LogP contribution in [0.4, 0.5) is 5.69 Å². The first-order valence-corrected chi connectivity index (χ1v) is 9.42. The van der Waals surface area contributed by atoms with Gasteiger partial charge in [-0.2, -0.15) is 0 Å². The van der Waals surface area contributed by atoms with Gasteiger partial charge >= 0.3 is 0 Å². The fraction of sp³-hybridized carbons (Fsp3) is 0.348. The summed E-state index contributed by atoms with van der Waals surface area (Å²) in [5.41, 5.74) is 6.43. The number of anilines is 1. The normalized spacial score (nSPS) is 10.5. The number of aryl methyl sites for hydroxylation is 5. The van der Waals surface area contributed by atoms with Crippen LogP contribution in [0.1, 0.15) is 51.0 Å². The van der Waals surface area contributed by atoms with Crippen molar-refractivity contribution in [1.29, 1.82) is 0 Å². The summed E-state index contributed by atoms with van der Waals surface area (Å²) >= 11 is 0. The monoisotopic (exact) mass is 380 g/mol. The Bertz CT molecular complexity index is 893. The molecule has 0 aliphatic carbocycles. The summed E-state index contributed by atoms with van der Waals surface area (Å²) in [6, 6.07) is 9.70. The Labute approximate surface area is 166 Å². The lowest BCUT2D eigenvalue weighted by atomic mass is 9.99. The van der Waals surface area contributed by atoms with Gasteiger partial charge in [-0.3, -0.25) is 14.4 Å². The highest BCUT2D eigenvalue weighted by Gasteiger charge is 2.13. The van der Waals surface area contributed by atoms with E-state index >= 15 is 0 Å². The van der Waals surface area contributed by atoms with E-state index in [1.807, 2.05) is 65.0 Å². The summed E-state index contributed by atoms with van der Waals surface area (Å²) in [5.74, 6) is -0.665. The summed E-state index contributed by atoms with van der Waals surface area (Å²) in [5, 5.41) is 5.43. The molecule has 148 valence electrons. The third-order valence-corrected chi connectivity index (χ3v) is 4.66. The molecule has 0 radical (unpaired) electrons. The molecule has 2 amide bonds. The van der Waals surface area contributed by atoms with Crippen molar-refractivity contribution in [2.24, 2.45) is 0 Å². The highest BCUT2D eigenvalue weighted by molar-refractivity contribution is 6.00. The van der Waals surface area contributed by atoms with Crippen molar-refractivity contribution in [3.05, 3.63) is 63.7 Å². The van der Waals surface area contributed by atoms with Crippen LogP contribution in [0.2, 0.25) is 0 Å². The standard InChI is InChI=1S/C23H28N2O3/c1-14-6-7-16(3)19(12-14)20(26)8-9-21(27)24-13-22(28)25-23-17(4)10-15(2)11-18(23)5/h6-7,10-12H,8-9,13H2,1-5H3,(H,24,27)(H,25,28). The van der Waals surface area contributed by atoms with Crippen LogP contribution in [0.25, 0.3) is 0 Å². The smallest absolute Gasteiger partial charge is 0.243 e. The lowest BCUT2D eigenvalue weighted by Gasteiger charge is -2.13. The molecule has 0 bridgehead atoms. The number of ketones is 1. The summed E-state index contributed by atoms with van der Waals surface area (Å²) in [7, 11) is 0. The lowest BCUT2D eigenvalue weighted by molar-refractivity contribution is -0.124. The molecule has 2 aromatic rings. The second kappa shape index (κ2) is 9.31. The van der Waals surface area contributed by atoms with Crippen LogP contribution in [0.5, 0.6) is 0 Å². The number of amides is 2. The maximum atomic E-state index is 12.3. The van der Waals surface area contributed by atoms with Crippen LogP contribution in [-0.2, 0) is 9.59 Å². The number of benzene rings is 2. The Hall–Kier alpha value is -2.95. The second-order valence-electron chi connectivity index (χ2n) is 7.34. The molecule has 28 heavy (non-hydrogen) atoms. The number of rotatable bonds is 7. The molecule has 5 nitrogen and oxygen atoms in total. The molecule has 0 heterocycles. The van der Waals surface area contributed by atoms with Gasteiger partial charge in [-0.15, -0.1) is 0 Å². The fourth-order valence-electron chi connectivity index (χ4n) is 3.23. The summed E-state index contributed by atoms with van der Waals surface area (Å²) in [4.78, 5) is 36.5. The van der Waals surface area contributed by atoms with Gasteiger partial charge in [-0.05, 0) is 57.4 Å². The maximum Gasteiger partial charge on any atom is 0.243 e. The minimum Gasteiger partial charge on any atom is -0.347 e. The third-order valence-electron chi connectivity index (χ3n) is 4.66. The van der Waals surface area contributed by atoms with E-state index in [1.54, 1.807) is 0 Å². The quantitative estimate of drug-likeness (QED) is 0.714. The largest absolute Gasteiger partial charge is 0.347 e. The van der Waals surface area contributed by atoms with Crippen LogP contribution in [0.15, 0.2) is 30.3 Å². The molecule has 2 rings (SSSR count). The molecule has 0 spiro atoms. The molecule has 0 aromatic heterocycles. The van der Waals surface area contributed by atoms with Crippen molar-refractivity contribution < 1.29 is 14.4 Å². The van der Waals surface area contributed by atoms with Crippen LogP contribution < -0.4 is 10.6 Å². The van der Waals surface area contributed by atoms with Gasteiger partial charge in [-0.1, -0.05) is 35.4 Å². The molecule has 0 unspecified atom stereocenters. The van der Waals surface area contributed by atoms with E-state index < -0.39 is 0 Å². The van der Waals surface area contributed by atoms with Gasteiger partial charge < -0.3 is 10.6 Å². The lowest BCUT2D eigenvalue weighted by Crippen LogP contribution is -2.33. The zero-order valence-corrected chi connectivity index (χ0v) is 17.2. The first-order valence-electron chi connectivity index (χ1n) is 9.42. The van der Waals surface area contributed by atoms with Crippen LogP contribution in [-0.4, -0.2) is 24.1 Å². The molecule has 0 fully saturated rings. The molecule has 5 heteroatoms. The molecule has 0 saturated carbocycles. The molecule has 0 atom stereocenters. The average Bonchev–Trinajstić information content (AvgIpc) is 2.62. The maximum absolute atomic E-state index is 12.3.